The fraction of sp³-hybridized carbons (Fsp3) is 0.250. The summed E-state index contributed by atoms with van der Waals surface area (Å²) >= 11 is 0. The molecule has 1 aromatic rings. The van der Waals surface area contributed by atoms with Crippen molar-refractivity contribution in [1.82, 2.24) is 0 Å². The second-order valence-electron chi connectivity index (χ2n) is 2.46. The summed E-state index contributed by atoms with van der Waals surface area (Å²) in [6.45, 7) is 0. The monoisotopic (exact) mass is 194 g/mol. The lowest BCUT2D eigenvalue weighted by molar-refractivity contribution is 0.395. The average Bonchev–Trinajstić information content (AvgIpc) is 2.20. The van der Waals surface area contributed by atoms with Crippen LogP contribution in [0.1, 0.15) is 0 Å². The van der Waals surface area contributed by atoms with Gasteiger partial charge in [0.2, 0.25) is 0 Å². The van der Waals surface area contributed by atoms with Gasteiger partial charge in [-0.05, 0) is 5.53 Å². The number of benzene rings is 1. The third-order valence-corrected chi connectivity index (χ3v) is 1.68. The Hall–Kier alpha value is -2.07. The van der Waals surface area contributed by atoms with E-state index >= 15 is 0 Å². The quantitative estimate of drug-likeness (QED) is 0.346. The molecule has 14 heavy (non-hydrogen) atoms. The molecule has 1 aromatic carbocycles. The SMILES string of the molecule is COc1cc(N)c(N=[N+]=[N-])c(OC)c1. The minimum absolute atomic E-state index is 0.274. The Morgan fingerprint density at radius 2 is 2.07 bits per heavy atom. The van der Waals surface area contributed by atoms with Crippen molar-refractivity contribution in [1.29, 1.82) is 0 Å². The van der Waals surface area contributed by atoms with E-state index in [0.717, 1.165) is 0 Å². The molecule has 0 aliphatic rings. The first-order valence-corrected chi connectivity index (χ1v) is 3.79. The molecule has 0 bridgehead atoms. The fourth-order valence-corrected chi connectivity index (χ4v) is 1.03. The number of rotatable bonds is 3. The lowest BCUT2D eigenvalue weighted by atomic mass is 10.2. The number of hydrogen-bond donors (Lipinski definition) is 1. The van der Waals surface area contributed by atoms with Gasteiger partial charge >= 0.3 is 0 Å². The van der Waals surface area contributed by atoms with E-state index in [2.05, 4.69) is 10.0 Å². The molecule has 6 nitrogen and oxygen atoms in total. The van der Waals surface area contributed by atoms with Gasteiger partial charge in [0.25, 0.3) is 0 Å². The van der Waals surface area contributed by atoms with Crippen LogP contribution in [0.15, 0.2) is 17.2 Å². The van der Waals surface area contributed by atoms with Crippen molar-refractivity contribution in [2.45, 2.75) is 0 Å². The van der Waals surface area contributed by atoms with E-state index in [-0.39, 0.29) is 5.69 Å². The summed E-state index contributed by atoms with van der Waals surface area (Å²) in [6.07, 6.45) is 0. The molecule has 1 rings (SSSR count). The van der Waals surface area contributed by atoms with Gasteiger partial charge in [-0.2, -0.15) is 0 Å². The Morgan fingerprint density at radius 1 is 1.36 bits per heavy atom. The molecule has 0 saturated carbocycles. The van der Waals surface area contributed by atoms with Gasteiger partial charge < -0.3 is 15.2 Å². The van der Waals surface area contributed by atoms with Crippen LogP contribution in [-0.2, 0) is 0 Å². The Morgan fingerprint density at radius 3 is 2.57 bits per heavy atom. The second-order valence-corrected chi connectivity index (χ2v) is 2.46. The molecular weight excluding hydrogens is 184 g/mol. The number of methoxy groups -OCH3 is 2. The molecule has 0 heterocycles. The first-order valence-electron chi connectivity index (χ1n) is 3.79. The van der Waals surface area contributed by atoms with Crippen molar-refractivity contribution in [3.8, 4) is 11.5 Å². The molecule has 6 heteroatoms. The molecular formula is C8H10N4O2. The van der Waals surface area contributed by atoms with E-state index in [4.69, 9.17) is 20.7 Å². The van der Waals surface area contributed by atoms with E-state index in [1.54, 1.807) is 12.1 Å². The van der Waals surface area contributed by atoms with Crippen molar-refractivity contribution in [2.75, 3.05) is 20.0 Å². The Labute approximate surface area is 80.9 Å². The Bertz CT molecular complexity index is 385. The van der Waals surface area contributed by atoms with E-state index in [9.17, 15) is 0 Å². The zero-order chi connectivity index (χ0) is 10.6. The number of ether oxygens (including phenoxy) is 2. The van der Waals surface area contributed by atoms with Gasteiger partial charge in [-0.1, -0.05) is 5.11 Å². The lowest BCUT2D eigenvalue weighted by Gasteiger charge is -2.09. The maximum atomic E-state index is 8.31. The standard InChI is InChI=1S/C8H10N4O2/c1-13-5-3-6(9)8(11-12-10)7(4-5)14-2/h3-4H,9H2,1-2H3. The van der Waals surface area contributed by atoms with Crippen LogP contribution in [0.2, 0.25) is 0 Å². The summed E-state index contributed by atoms with van der Waals surface area (Å²) in [5.41, 5.74) is 14.5. The van der Waals surface area contributed by atoms with Crippen LogP contribution in [-0.4, -0.2) is 14.2 Å². The summed E-state index contributed by atoms with van der Waals surface area (Å²) < 4.78 is 9.97. The third kappa shape index (κ3) is 1.81. The summed E-state index contributed by atoms with van der Waals surface area (Å²) in [5.74, 6) is 0.941. The third-order valence-electron chi connectivity index (χ3n) is 1.68. The van der Waals surface area contributed by atoms with Gasteiger partial charge in [0, 0.05) is 22.7 Å². The molecule has 0 aliphatic heterocycles. The molecule has 0 amide bonds. The van der Waals surface area contributed by atoms with Gasteiger partial charge in [0.15, 0.2) is 0 Å². The lowest BCUT2D eigenvalue weighted by Crippen LogP contribution is -1.92. The maximum absolute atomic E-state index is 8.31. The predicted molar refractivity (Wildman–Crippen MR) is 52.8 cm³/mol. The normalized spacial score (nSPS) is 9.00. The van der Waals surface area contributed by atoms with Crippen LogP contribution in [0.25, 0.3) is 10.4 Å². The zero-order valence-corrected chi connectivity index (χ0v) is 7.89. The number of nitrogens with two attached hydrogens (primary N) is 1. The zero-order valence-electron chi connectivity index (χ0n) is 7.89. The maximum Gasteiger partial charge on any atom is 0.134 e. The van der Waals surface area contributed by atoms with Crippen LogP contribution in [0.5, 0.6) is 11.5 Å². The molecule has 74 valence electrons. The van der Waals surface area contributed by atoms with Crippen LogP contribution < -0.4 is 15.2 Å². The highest BCUT2D eigenvalue weighted by Crippen LogP contribution is 2.37. The molecule has 0 fully saturated rings. The van der Waals surface area contributed by atoms with Crippen molar-refractivity contribution in [2.24, 2.45) is 5.11 Å². The first-order chi connectivity index (χ1) is 6.72. The molecule has 0 aliphatic carbocycles. The van der Waals surface area contributed by atoms with Crippen molar-refractivity contribution in [3.63, 3.8) is 0 Å². The smallest absolute Gasteiger partial charge is 0.134 e. The van der Waals surface area contributed by atoms with E-state index in [1.807, 2.05) is 0 Å². The summed E-state index contributed by atoms with van der Waals surface area (Å²) in [6, 6.07) is 3.16. The summed E-state index contributed by atoms with van der Waals surface area (Å²) in [7, 11) is 2.98. The van der Waals surface area contributed by atoms with Crippen molar-refractivity contribution in [3.05, 3.63) is 22.6 Å². The number of hydrogen-bond acceptors (Lipinski definition) is 4. The van der Waals surface area contributed by atoms with Gasteiger partial charge in [-0.3, -0.25) is 0 Å². The molecule has 2 N–H and O–H groups in total. The molecule has 0 radical (unpaired) electrons. The summed E-state index contributed by atoms with van der Waals surface area (Å²) in [4.78, 5) is 2.66. The second kappa shape index (κ2) is 4.25. The molecule has 0 saturated heterocycles. The minimum Gasteiger partial charge on any atom is -0.497 e. The highest BCUT2D eigenvalue weighted by Gasteiger charge is 2.07. The largest absolute Gasteiger partial charge is 0.497 e. The van der Waals surface area contributed by atoms with Crippen LogP contribution in [0.3, 0.4) is 0 Å². The highest BCUT2D eigenvalue weighted by atomic mass is 16.5. The number of azide groups is 1. The number of anilines is 1. The van der Waals surface area contributed by atoms with Crippen LogP contribution in [0, 0.1) is 0 Å². The number of nitrogens with zero attached hydrogens (tertiary/aromatic N) is 3. The predicted octanol–water partition coefficient (Wildman–Crippen LogP) is 2.23. The van der Waals surface area contributed by atoms with Crippen LogP contribution >= 0.6 is 0 Å². The first kappa shape index (κ1) is 10.0. The van der Waals surface area contributed by atoms with Crippen LogP contribution in [0.4, 0.5) is 11.4 Å². The van der Waals surface area contributed by atoms with Gasteiger partial charge in [0.1, 0.15) is 17.2 Å². The van der Waals surface area contributed by atoms with E-state index in [1.165, 1.54) is 14.2 Å². The molecule has 0 unspecified atom stereocenters. The molecule has 0 atom stereocenters. The van der Waals surface area contributed by atoms with Crippen molar-refractivity contribution < 1.29 is 9.47 Å². The van der Waals surface area contributed by atoms with Gasteiger partial charge in [-0.25, -0.2) is 0 Å². The van der Waals surface area contributed by atoms with E-state index in [0.29, 0.717) is 17.2 Å². The Kier molecular flexibility index (Phi) is 3.04. The van der Waals surface area contributed by atoms with Crippen molar-refractivity contribution >= 4 is 11.4 Å². The summed E-state index contributed by atoms with van der Waals surface area (Å²) in [5, 5.41) is 3.43. The minimum atomic E-state index is 0.274. The fourth-order valence-electron chi connectivity index (χ4n) is 1.03. The number of nitrogen functional groups attached to an aromatic ring is 1. The van der Waals surface area contributed by atoms with Gasteiger partial charge in [-0.15, -0.1) is 0 Å². The van der Waals surface area contributed by atoms with Gasteiger partial charge in [0.05, 0.1) is 14.2 Å². The van der Waals surface area contributed by atoms with E-state index < -0.39 is 0 Å². The average molecular weight is 194 g/mol. The highest BCUT2D eigenvalue weighted by molar-refractivity contribution is 5.72. The molecule has 0 spiro atoms. The molecule has 0 aromatic heterocycles. The Balaban J connectivity index is 3.34. The topological polar surface area (TPSA) is 93.2 Å².